The van der Waals surface area contributed by atoms with Crippen LogP contribution < -0.4 is 5.32 Å². The van der Waals surface area contributed by atoms with Crippen molar-refractivity contribution in [2.45, 2.75) is 18.9 Å². The lowest BCUT2D eigenvalue weighted by molar-refractivity contribution is 0.553. The van der Waals surface area contributed by atoms with Crippen LogP contribution in [0.5, 0.6) is 0 Å². The molecule has 0 fully saturated rings. The van der Waals surface area contributed by atoms with Gasteiger partial charge in [0.1, 0.15) is 0 Å². The van der Waals surface area contributed by atoms with E-state index in [2.05, 4.69) is 46.0 Å². The molecule has 3 aromatic rings. The summed E-state index contributed by atoms with van der Waals surface area (Å²) in [5.41, 5.74) is 2.70. The van der Waals surface area contributed by atoms with E-state index in [1.165, 1.54) is 21.2 Å². The summed E-state index contributed by atoms with van der Waals surface area (Å²) in [5.74, 6) is 0. The highest BCUT2D eigenvalue weighted by molar-refractivity contribution is 7.17. The number of nitrogens with zero attached hydrogens (tertiary/aromatic N) is 1. The van der Waals surface area contributed by atoms with Gasteiger partial charge in [0.05, 0.1) is 0 Å². The van der Waals surface area contributed by atoms with Crippen molar-refractivity contribution in [2.24, 2.45) is 0 Å². The van der Waals surface area contributed by atoms with Crippen molar-refractivity contribution >= 4 is 21.4 Å². The third-order valence-corrected chi connectivity index (χ3v) is 4.66. The van der Waals surface area contributed by atoms with Gasteiger partial charge >= 0.3 is 0 Å². The van der Waals surface area contributed by atoms with E-state index < -0.39 is 0 Å². The quantitative estimate of drug-likeness (QED) is 0.759. The van der Waals surface area contributed by atoms with Crippen LogP contribution in [-0.2, 0) is 6.42 Å². The second kappa shape index (κ2) is 6.16. The van der Waals surface area contributed by atoms with E-state index in [4.69, 9.17) is 0 Å². The van der Waals surface area contributed by atoms with Crippen molar-refractivity contribution in [3.63, 3.8) is 0 Å². The number of pyridine rings is 1. The summed E-state index contributed by atoms with van der Waals surface area (Å²) in [7, 11) is 2.04. The van der Waals surface area contributed by atoms with E-state index in [0.29, 0.717) is 6.04 Å². The number of benzene rings is 1. The maximum atomic E-state index is 4.18. The van der Waals surface area contributed by atoms with Crippen LogP contribution in [0.3, 0.4) is 0 Å². The van der Waals surface area contributed by atoms with Crippen LogP contribution in [0.25, 0.3) is 10.1 Å². The smallest absolute Gasteiger partial charge is 0.0390 e. The monoisotopic (exact) mass is 282 g/mol. The summed E-state index contributed by atoms with van der Waals surface area (Å²) in [5, 5.41) is 6.97. The van der Waals surface area contributed by atoms with Gasteiger partial charge in [-0.1, -0.05) is 24.3 Å². The van der Waals surface area contributed by atoms with Gasteiger partial charge in [-0.2, -0.15) is 0 Å². The van der Waals surface area contributed by atoms with Gasteiger partial charge in [-0.25, -0.2) is 0 Å². The summed E-state index contributed by atoms with van der Waals surface area (Å²) in [6, 6.07) is 13.3. The molecule has 0 aliphatic carbocycles. The number of hydrogen-bond donors (Lipinski definition) is 1. The number of aryl methyl sites for hydroxylation is 1. The second-order valence-corrected chi connectivity index (χ2v) is 5.84. The van der Waals surface area contributed by atoms with E-state index >= 15 is 0 Å². The van der Waals surface area contributed by atoms with Crippen LogP contribution in [0.15, 0.2) is 54.2 Å². The fourth-order valence-electron chi connectivity index (χ4n) is 2.60. The first-order chi connectivity index (χ1) is 9.88. The Morgan fingerprint density at radius 1 is 1.20 bits per heavy atom. The van der Waals surface area contributed by atoms with Crippen LogP contribution in [0, 0.1) is 0 Å². The normalized spacial score (nSPS) is 12.7. The highest BCUT2D eigenvalue weighted by Crippen LogP contribution is 2.30. The minimum absolute atomic E-state index is 0.387. The molecule has 0 bridgehead atoms. The molecule has 2 nitrogen and oxygen atoms in total. The standard InChI is InChI=1S/C17H18N2S/c1-18-16(8-7-13-4-3-10-19-12-13)15-6-2-5-14-9-11-20-17(14)15/h2-6,9-12,16,18H,7-8H2,1H3. The van der Waals surface area contributed by atoms with Gasteiger partial charge in [-0.05, 0) is 53.9 Å². The number of rotatable bonds is 5. The second-order valence-electron chi connectivity index (χ2n) is 4.93. The van der Waals surface area contributed by atoms with Crippen molar-refractivity contribution in [3.05, 3.63) is 65.3 Å². The number of nitrogens with one attached hydrogen (secondary N) is 1. The minimum Gasteiger partial charge on any atom is -0.313 e. The molecule has 2 heterocycles. The number of aromatic nitrogens is 1. The molecule has 0 saturated heterocycles. The van der Waals surface area contributed by atoms with Crippen LogP contribution in [-0.4, -0.2) is 12.0 Å². The molecule has 1 unspecified atom stereocenters. The zero-order valence-electron chi connectivity index (χ0n) is 11.5. The number of fused-ring (bicyclic) bond motifs is 1. The molecule has 2 aromatic heterocycles. The Bertz CT molecular complexity index is 676. The lowest BCUT2D eigenvalue weighted by Gasteiger charge is -2.17. The minimum atomic E-state index is 0.387. The molecule has 3 rings (SSSR count). The molecule has 20 heavy (non-hydrogen) atoms. The van der Waals surface area contributed by atoms with Gasteiger partial charge < -0.3 is 5.32 Å². The molecule has 102 valence electrons. The van der Waals surface area contributed by atoms with Crippen molar-refractivity contribution in [1.29, 1.82) is 0 Å². The first-order valence-corrected chi connectivity index (χ1v) is 7.79. The molecule has 0 aliphatic heterocycles. The third kappa shape index (κ3) is 2.74. The van der Waals surface area contributed by atoms with E-state index in [9.17, 15) is 0 Å². The predicted octanol–water partition coefficient (Wildman–Crippen LogP) is 4.19. The molecule has 3 heteroatoms. The molecule has 0 saturated carbocycles. The molecule has 1 aromatic carbocycles. The average Bonchev–Trinajstić information content (AvgIpc) is 2.98. The summed E-state index contributed by atoms with van der Waals surface area (Å²) < 4.78 is 1.40. The highest BCUT2D eigenvalue weighted by Gasteiger charge is 2.13. The van der Waals surface area contributed by atoms with Gasteiger partial charge in [0.15, 0.2) is 0 Å². The summed E-state index contributed by atoms with van der Waals surface area (Å²) in [6.07, 6.45) is 5.91. The average molecular weight is 282 g/mol. The summed E-state index contributed by atoms with van der Waals surface area (Å²) in [6.45, 7) is 0. The van der Waals surface area contributed by atoms with Gasteiger partial charge in [-0.3, -0.25) is 4.98 Å². The van der Waals surface area contributed by atoms with Crippen molar-refractivity contribution < 1.29 is 0 Å². The van der Waals surface area contributed by atoms with Crippen molar-refractivity contribution in [3.8, 4) is 0 Å². The predicted molar refractivity (Wildman–Crippen MR) is 86.2 cm³/mol. The first kappa shape index (κ1) is 13.3. The summed E-state index contributed by atoms with van der Waals surface area (Å²) >= 11 is 1.83. The Morgan fingerprint density at radius 2 is 2.15 bits per heavy atom. The largest absolute Gasteiger partial charge is 0.313 e. The fourth-order valence-corrected chi connectivity index (χ4v) is 3.57. The SMILES string of the molecule is CNC(CCc1cccnc1)c1cccc2ccsc12. The van der Waals surface area contributed by atoms with E-state index in [0.717, 1.165) is 12.8 Å². The Hall–Kier alpha value is -1.71. The summed E-state index contributed by atoms with van der Waals surface area (Å²) in [4.78, 5) is 4.18. The van der Waals surface area contributed by atoms with E-state index in [1.807, 2.05) is 36.8 Å². The van der Waals surface area contributed by atoms with E-state index in [-0.39, 0.29) is 0 Å². The Kier molecular flexibility index (Phi) is 4.09. The highest BCUT2D eigenvalue weighted by atomic mass is 32.1. The topological polar surface area (TPSA) is 24.9 Å². The zero-order chi connectivity index (χ0) is 13.8. The molecule has 1 atom stereocenters. The van der Waals surface area contributed by atoms with Gasteiger partial charge in [-0.15, -0.1) is 11.3 Å². The number of hydrogen-bond acceptors (Lipinski definition) is 3. The first-order valence-electron chi connectivity index (χ1n) is 6.91. The Balaban J connectivity index is 1.81. The maximum Gasteiger partial charge on any atom is 0.0390 e. The van der Waals surface area contributed by atoms with Crippen LogP contribution in [0.2, 0.25) is 0 Å². The van der Waals surface area contributed by atoms with E-state index in [1.54, 1.807) is 0 Å². The molecule has 0 spiro atoms. The lowest BCUT2D eigenvalue weighted by Crippen LogP contribution is -2.17. The van der Waals surface area contributed by atoms with Gasteiger partial charge in [0, 0.05) is 23.1 Å². The Morgan fingerprint density at radius 3 is 2.95 bits per heavy atom. The van der Waals surface area contributed by atoms with Crippen LogP contribution >= 0.6 is 11.3 Å². The van der Waals surface area contributed by atoms with Crippen LogP contribution in [0.1, 0.15) is 23.6 Å². The molecular formula is C17H18N2S. The lowest BCUT2D eigenvalue weighted by atomic mass is 9.99. The molecule has 0 radical (unpaired) electrons. The van der Waals surface area contributed by atoms with Crippen molar-refractivity contribution in [1.82, 2.24) is 10.3 Å². The molecular weight excluding hydrogens is 264 g/mol. The fraction of sp³-hybridized carbons (Fsp3) is 0.235. The zero-order valence-corrected chi connectivity index (χ0v) is 12.4. The van der Waals surface area contributed by atoms with Gasteiger partial charge in [0.2, 0.25) is 0 Å². The maximum absolute atomic E-state index is 4.18. The number of thiophene rings is 1. The van der Waals surface area contributed by atoms with Crippen LogP contribution in [0.4, 0.5) is 0 Å². The van der Waals surface area contributed by atoms with Gasteiger partial charge in [0.25, 0.3) is 0 Å². The molecule has 1 N–H and O–H groups in total. The molecule has 0 amide bonds. The molecule has 0 aliphatic rings. The Labute approximate surface area is 123 Å². The third-order valence-electron chi connectivity index (χ3n) is 3.68. The van der Waals surface area contributed by atoms with Crippen molar-refractivity contribution in [2.75, 3.05) is 7.05 Å².